The largest absolute Gasteiger partial charge is 0.471 e. The van der Waals surface area contributed by atoms with Crippen LogP contribution in [0.25, 0.3) is 11.4 Å². The molecule has 123 valence electrons. The Hall–Kier alpha value is -2.83. The van der Waals surface area contributed by atoms with Crippen molar-refractivity contribution in [3.63, 3.8) is 0 Å². The number of rotatable bonds is 3. The molecule has 0 saturated heterocycles. The summed E-state index contributed by atoms with van der Waals surface area (Å²) in [6, 6.07) is 13.1. The first kappa shape index (κ1) is 16.0. The molecule has 24 heavy (non-hydrogen) atoms. The monoisotopic (exact) mass is 333 g/mol. The molecule has 0 N–H and O–H groups in total. The van der Waals surface area contributed by atoms with Gasteiger partial charge in [-0.2, -0.15) is 18.2 Å². The number of benzene rings is 2. The van der Waals surface area contributed by atoms with E-state index in [9.17, 15) is 13.2 Å². The van der Waals surface area contributed by atoms with Gasteiger partial charge in [-0.3, -0.25) is 0 Å². The molecule has 0 atom stereocenters. The Balaban J connectivity index is 1.88. The van der Waals surface area contributed by atoms with Gasteiger partial charge in [0.1, 0.15) is 11.5 Å². The van der Waals surface area contributed by atoms with Crippen LogP contribution in [0.15, 0.2) is 40.9 Å². The predicted octanol–water partition coefficient (Wildman–Crippen LogP) is 4.96. The predicted molar refractivity (Wildman–Crippen MR) is 79.6 cm³/mol. The lowest BCUT2D eigenvalue weighted by Crippen LogP contribution is -2.04. The normalized spacial score (nSPS) is 11.5. The number of nitrogens with zero attached hydrogens (tertiary/aromatic N) is 2. The molecule has 1 heterocycles. The Kier molecular flexibility index (Phi) is 4.01. The first-order valence-corrected chi connectivity index (χ1v) is 7.01. The van der Waals surface area contributed by atoms with Gasteiger partial charge in [0.05, 0.1) is 0 Å². The van der Waals surface area contributed by atoms with E-state index in [4.69, 9.17) is 4.74 Å². The summed E-state index contributed by atoms with van der Waals surface area (Å²) in [4.78, 5) is 3.36. The van der Waals surface area contributed by atoms with Crippen LogP contribution in [0.4, 0.5) is 13.2 Å². The molecule has 0 spiro atoms. The Morgan fingerprint density at radius 3 is 2.58 bits per heavy atom. The lowest BCUT2D eigenvalue weighted by atomic mass is 10.1. The van der Waals surface area contributed by atoms with Crippen molar-refractivity contribution in [2.75, 3.05) is 0 Å². The van der Waals surface area contributed by atoms with Crippen LogP contribution in [0.3, 0.4) is 0 Å². The van der Waals surface area contributed by atoms with E-state index in [-0.39, 0.29) is 5.82 Å². The van der Waals surface area contributed by atoms with Gasteiger partial charge in [-0.1, -0.05) is 28.9 Å². The highest BCUT2D eigenvalue weighted by atomic mass is 19.4. The van der Waals surface area contributed by atoms with Crippen LogP contribution in [-0.4, -0.2) is 10.1 Å². The van der Waals surface area contributed by atoms with Crippen molar-refractivity contribution in [1.29, 1.82) is 0 Å². The van der Waals surface area contributed by atoms with E-state index in [0.29, 0.717) is 17.1 Å². The van der Waals surface area contributed by atoms with Gasteiger partial charge >= 0.3 is 12.1 Å². The van der Waals surface area contributed by atoms with Crippen LogP contribution >= 0.6 is 0 Å². The molecule has 1 radical (unpaired) electrons. The fourth-order valence-corrected chi connectivity index (χ4v) is 2.13. The van der Waals surface area contributed by atoms with Crippen molar-refractivity contribution in [2.45, 2.75) is 20.0 Å². The summed E-state index contributed by atoms with van der Waals surface area (Å²) < 4.78 is 47.6. The second-order valence-electron chi connectivity index (χ2n) is 5.23. The number of aromatic nitrogens is 2. The Morgan fingerprint density at radius 2 is 1.92 bits per heavy atom. The topological polar surface area (TPSA) is 48.2 Å². The van der Waals surface area contributed by atoms with Crippen LogP contribution in [-0.2, 0) is 6.18 Å². The number of hydrogen-bond donors (Lipinski definition) is 0. The highest BCUT2D eigenvalue weighted by Crippen LogP contribution is 2.31. The van der Waals surface area contributed by atoms with E-state index in [1.807, 2.05) is 32.0 Å². The van der Waals surface area contributed by atoms with E-state index in [1.165, 1.54) is 18.2 Å². The molecule has 0 bridgehead atoms. The van der Waals surface area contributed by atoms with Gasteiger partial charge in [-0.15, -0.1) is 0 Å². The zero-order chi connectivity index (χ0) is 17.3. The summed E-state index contributed by atoms with van der Waals surface area (Å²) in [5, 5.41) is 3.35. The molecule has 0 amide bonds. The summed E-state index contributed by atoms with van der Waals surface area (Å²) in [5.41, 5.74) is 2.38. The van der Waals surface area contributed by atoms with Crippen LogP contribution in [0.1, 0.15) is 17.0 Å². The highest BCUT2D eigenvalue weighted by Gasteiger charge is 2.38. The Labute approximate surface area is 135 Å². The number of alkyl halides is 3. The summed E-state index contributed by atoms with van der Waals surface area (Å²) in [7, 11) is 0. The van der Waals surface area contributed by atoms with Crippen molar-refractivity contribution in [2.24, 2.45) is 0 Å². The molecule has 0 unspecified atom stereocenters. The molecule has 3 rings (SSSR count). The second kappa shape index (κ2) is 5.99. The third kappa shape index (κ3) is 3.40. The molecule has 0 saturated carbocycles. The van der Waals surface area contributed by atoms with Crippen LogP contribution < -0.4 is 4.74 Å². The zero-order valence-corrected chi connectivity index (χ0v) is 12.8. The van der Waals surface area contributed by atoms with Gasteiger partial charge in [0.2, 0.25) is 5.82 Å². The van der Waals surface area contributed by atoms with Crippen molar-refractivity contribution < 1.29 is 22.4 Å². The summed E-state index contributed by atoms with van der Waals surface area (Å²) in [5.74, 6) is -0.570. The molecule has 0 aliphatic rings. The van der Waals surface area contributed by atoms with Crippen molar-refractivity contribution in [3.05, 3.63) is 59.5 Å². The standard InChI is InChI=1S/C17H12F3N2O2/c1-10-6-7-14(11(2)8-10)23-13-5-3-4-12(9-13)15-21-16(24-22-15)17(18,19)20/h3-4,6-9H,1-2H3. The fraction of sp³-hybridized carbons (Fsp3) is 0.176. The van der Waals surface area contributed by atoms with E-state index < -0.39 is 12.1 Å². The number of ether oxygens (including phenoxy) is 1. The third-order valence-electron chi connectivity index (χ3n) is 3.25. The van der Waals surface area contributed by atoms with Crippen molar-refractivity contribution in [1.82, 2.24) is 10.1 Å². The first-order valence-electron chi connectivity index (χ1n) is 7.01. The maximum absolute atomic E-state index is 12.5. The molecule has 3 aromatic rings. The Morgan fingerprint density at radius 1 is 1.12 bits per heavy atom. The highest BCUT2D eigenvalue weighted by molar-refractivity contribution is 5.57. The van der Waals surface area contributed by atoms with Crippen molar-refractivity contribution >= 4 is 0 Å². The minimum atomic E-state index is -4.68. The molecule has 2 aromatic carbocycles. The average molecular weight is 333 g/mol. The molecular weight excluding hydrogens is 321 g/mol. The van der Waals surface area contributed by atoms with E-state index in [0.717, 1.165) is 11.1 Å². The number of aryl methyl sites for hydroxylation is 2. The van der Waals surface area contributed by atoms with Crippen LogP contribution in [0, 0.1) is 19.9 Å². The van der Waals surface area contributed by atoms with Crippen LogP contribution in [0.5, 0.6) is 11.5 Å². The maximum atomic E-state index is 12.5. The molecule has 1 aromatic heterocycles. The molecule has 0 fully saturated rings. The van der Waals surface area contributed by atoms with Gasteiger partial charge in [-0.05, 0) is 37.6 Å². The molecule has 0 aliphatic heterocycles. The number of hydrogen-bond acceptors (Lipinski definition) is 4. The quantitative estimate of drug-likeness (QED) is 0.679. The van der Waals surface area contributed by atoms with Gasteiger partial charge in [-0.25, -0.2) is 0 Å². The van der Waals surface area contributed by atoms with Crippen molar-refractivity contribution in [3.8, 4) is 22.9 Å². The lowest BCUT2D eigenvalue weighted by Gasteiger charge is -2.09. The fourth-order valence-electron chi connectivity index (χ4n) is 2.13. The summed E-state index contributed by atoms with van der Waals surface area (Å²) >= 11 is 0. The van der Waals surface area contributed by atoms with Crippen LogP contribution in [0.2, 0.25) is 0 Å². The summed E-state index contributed by atoms with van der Waals surface area (Å²) in [6.07, 6.45) is -4.68. The molecule has 4 nitrogen and oxygen atoms in total. The number of halogens is 3. The van der Waals surface area contributed by atoms with Gasteiger partial charge in [0.15, 0.2) is 0 Å². The zero-order valence-electron chi connectivity index (χ0n) is 12.8. The minimum Gasteiger partial charge on any atom is -0.456 e. The van der Waals surface area contributed by atoms with E-state index in [2.05, 4.69) is 20.7 Å². The lowest BCUT2D eigenvalue weighted by molar-refractivity contribution is -0.159. The van der Waals surface area contributed by atoms with Gasteiger partial charge in [0, 0.05) is 11.6 Å². The van der Waals surface area contributed by atoms with E-state index >= 15 is 0 Å². The Bertz CT molecular complexity index is 872. The maximum Gasteiger partial charge on any atom is 0.471 e. The SMILES string of the molecule is Cc1ccc(Oc2[c]ccc(-c3noc(C(F)(F)F)n3)c2)c(C)c1. The molecule has 7 heteroatoms. The minimum absolute atomic E-state index is 0.165. The smallest absolute Gasteiger partial charge is 0.456 e. The average Bonchev–Trinajstić information content (AvgIpc) is 3.01. The second-order valence-corrected chi connectivity index (χ2v) is 5.23. The van der Waals surface area contributed by atoms with Gasteiger partial charge < -0.3 is 9.26 Å². The summed E-state index contributed by atoms with van der Waals surface area (Å²) in [6.45, 7) is 3.87. The molecule has 0 aliphatic carbocycles. The first-order chi connectivity index (χ1) is 11.3. The molecular formula is C17H12F3N2O2. The van der Waals surface area contributed by atoms with Gasteiger partial charge in [0.25, 0.3) is 0 Å². The third-order valence-corrected chi connectivity index (χ3v) is 3.25. The van der Waals surface area contributed by atoms with E-state index in [1.54, 1.807) is 0 Å².